The minimum atomic E-state index is -3.87. The Morgan fingerprint density at radius 3 is 2.46 bits per heavy atom. The summed E-state index contributed by atoms with van der Waals surface area (Å²) in [5, 5.41) is 12.8. The summed E-state index contributed by atoms with van der Waals surface area (Å²) in [5.41, 5.74) is 13.9. The molecule has 0 aliphatic carbocycles. The van der Waals surface area contributed by atoms with E-state index < -0.39 is 39.4 Å². The second-order valence-electron chi connectivity index (χ2n) is 10.2. The molecule has 0 aromatic heterocycles. The van der Waals surface area contributed by atoms with E-state index in [0.29, 0.717) is 29.9 Å². The fourth-order valence-electron chi connectivity index (χ4n) is 4.82. The van der Waals surface area contributed by atoms with Gasteiger partial charge in [0.25, 0.3) is 5.91 Å². The number of azide groups is 1. The second kappa shape index (κ2) is 16.2. The number of carbonyl (C=O) groups excluding carboxylic acids is 1. The SMILES string of the molecule is COC(CNNC(=O)[C@@]1(CCS(=O)(=O)c2ccccc2)N=C(c2ccc(OCCCO)cc2)O[C@H]1c1ccccc1N=[N+]=[N-])OC. The van der Waals surface area contributed by atoms with Crippen molar-refractivity contribution in [1.29, 1.82) is 0 Å². The Labute approximate surface area is 266 Å². The van der Waals surface area contributed by atoms with Crippen molar-refractivity contribution in [2.24, 2.45) is 10.1 Å². The quantitative estimate of drug-likeness (QED) is 0.0486. The maximum Gasteiger partial charge on any atom is 0.266 e. The molecule has 0 bridgehead atoms. The minimum absolute atomic E-state index is 0.00196. The van der Waals surface area contributed by atoms with Crippen LogP contribution < -0.4 is 15.6 Å². The van der Waals surface area contributed by atoms with Crippen LogP contribution in [0.25, 0.3) is 10.4 Å². The fraction of sp³-hybridized carbons (Fsp3) is 0.355. The van der Waals surface area contributed by atoms with Crippen molar-refractivity contribution in [2.75, 3.05) is 39.7 Å². The first kappa shape index (κ1) is 34.4. The Bertz CT molecular complexity index is 1640. The average Bonchev–Trinajstić information content (AvgIpc) is 3.48. The van der Waals surface area contributed by atoms with Crippen LogP contribution in [-0.4, -0.2) is 76.9 Å². The van der Waals surface area contributed by atoms with Crippen LogP contribution in [0.3, 0.4) is 0 Å². The molecule has 15 heteroatoms. The van der Waals surface area contributed by atoms with E-state index in [4.69, 9.17) is 29.0 Å². The van der Waals surface area contributed by atoms with Crippen LogP contribution in [0.2, 0.25) is 0 Å². The predicted octanol–water partition coefficient (Wildman–Crippen LogP) is 3.75. The molecule has 4 rings (SSSR count). The second-order valence-corrected chi connectivity index (χ2v) is 12.3. The van der Waals surface area contributed by atoms with Gasteiger partial charge in [-0.15, -0.1) is 0 Å². The normalized spacial score (nSPS) is 17.6. The van der Waals surface area contributed by atoms with Gasteiger partial charge in [-0.2, -0.15) is 0 Å². The molecule has 0 radical (unpaired) electrons. The molecule has 1 aliphatic rings. The van der Waals surface area contributed by atoms with Crippen LogP contribution >= 0.6 is 0 Å². The van der Waals surface area contributed by atoms with Gasteiger partial charge in [0.15, 0.2) is 27.8 Å². The molecule has 1 aliphatic heterocycles. The molecule has 46 heavy (non-hydrogen) atoms. The largest absolute Gasteiger partial charge is 0.494 e. The molecular weight excluding hydrogens is 616 g/mol. The van der Waals surface area contributed by atoms with Crippen LogP contribution in [0.1, 0.15) is 30.1 Å². The van der Waals surface area contributed by atoms with Crippen LogP contribution in [-0.2, 0) is 28.8 Å². The summed E-state index contributed by atoms with van der Waals surface area (Å²) in [6.45, 7) is 0.384. The van der Waals surface area contributed by atoms with Crippen molar-refractivity contribution >= 4 is 27.3 Å². The highest BCUT2D eigenvalue weighted by Gasteiger charge is 2.54. The summed E-state index contributed by atoms with van der Waals surface area (Å²) in [5.74, 6) is -0.529. The highest BCUT2D eigenvalue weighted by molar-refractivity contribution is 7.91. The van der Waals surface area contributed by atoms with Crippen molar-refractivity contribution < 1.29 is 37.3 Å². The van der Waals surface area contributed by atoms with Crippen molar-refractivity contribution in [1.82, 2.24) is 10.9 Å². The molecular formula is C31H36N6O8S. The van der Waals surface area contributed by atoms with Gasteiger partial charge < -0.3 is 24.1 Å². The van der Waals surface area contributed by atoms with Crippen LogP contribution in [0.4, 0.5) is 5.69 Å². The summed E-state index contributed by atoms with van der Waals surface area (Å²) in [6, 6.07) is 21.2. The van der Waals surface area contributed by atoms with Gasteiger partial charge in [0, 0.05) is 55.4 Å². The number of rotatable bonds is 17. The van der Waals surface area contributed by atoms with E-state index in [9.17, 15) is 18.7 Å². The van der Waals surface area contributed by atoms with E-state index in [2.05, 4.69) is 20.9 Å². The smallest absolute Gasteiger partial charge is 0.266 e. The molecule has 0 saturated carbocycles. The van der Waals surface area contributed by atoms with Gasteiger partial charge in [-0.05, 0) is 41.9 Å². The Hall–Kier alpha value is -4.50. The Balaban J connectivity index is 1.79. The Morgan fingerprint density at radius 1 is 1.09 bits per heavy atom. The van der Waals surface area contributed by atoms with Crippen LogP contribution in [0, 0.1) is 0 Å². The molecule has 0 unspecified atom stereocenters. The summed E-state index contributed by atoms with van der Waals surface area (Å²) in [6.07, 6.45) is -1.71. The third-order valence-electron chi connectivity index (χ3n) is 7.25. The zero-order valence-corrected chi connectivity index (χ0v) is 26.2. The lowest BCUT2D eigenvalue weighted by molar-refractivity contribution is -0.131. The first-order valence-corrected chi connectivity index (χ1v) is 16.0. The van der Waals surface area contributed by atoms with E-state index in [1.807, 2.05) is 0 Å². The third-order valence-corrected chi connectivity index (χ3v) is 8.98. The number of methoxy groups -OCH3 is 2. The van der Waals surface area contributed by atoms with Crippen molar-refractivity contribution in [3.8, 4) is 5.75 Å². The van der Waals surface area contributed by atoms with Gasteiger partial charge in [0.05, 0.1) is 23.8 Å². The number of aliphatic hydroxyl groups is 1. The van der Waals surface area contributed by atoms with Gasteiger partial charge in [0.2, 0.25) is 5.90 Å². The van der Waals surface area contributed by atoms with Gasteiger partial charge in [-0.1, -0.05) is 47.6 Å². The van der Waals surface area contributed by atoms with E-state index >= 15 is 0 Å². The lowest BCUT2D eigenvalue weighted by atomic mass is 9.84. The van der Waals surface area contributed by atoms with Gasteiger partial charge >= 0.3 is 0 Å². The predicted molar refractivity (Wildman–Crippen MR) is 169 cm³/mol. The van der Waals surface area contributed by atoms with Gasteiger partial charge in [-0.3, -0.25) is 10.2 Å². The number of aliphatic hydroxyl groups excluding tert-OH is 1. The lowest BCUT2D eigenvalue weighted by Gasteiger charge is -2.31. The maximum absolute atomic E-state index is 14.2. The number of aliphatic imine (C=N–C) groups is 1. The molecule has 3 aromatic rings. The number of hydrogen-bond acceptors (Lipinski definition) is 11. The first-order valence-electron chi connectivity index (χ1n) is 14.4. The Morgan fingerprint density at radius 2 is 1.78 bits per heavy atom. The molecule has 1 amide bonds. The van der Waals surface area contributed by atoms with E-state index in [1.165, 1.54) is 26.4 Å². The molecule has 0 fully saturated rings. The van der Waals surface area contributed by atoms with Gasteiger partial charge in [0.1, 0.15) is 5.75 Å². The molecule has 244 valence electrons. The van der Waals surface area contributed by atoms with Gasteiger partial charge in [-0.25, -0.2) is 18.8 Å². The van der Waals surface area contributed by atoms with Crippen molar-refractivity contribution in [2.45, 2.75) is 35.7 Å². The zero-order chi connectivity index (χ0) is 33.0. The molecule has 2 atom stereocenters. The lowest BCUT2D eigenvalue weighted by Crippen LogP contribution is -2.54. The molecule has 3 N–H and O–H groups in total. The number of sulfone groups is 1. The molecule has 14 nitrogen and oxygen atoms in total. The number of carbonyl (C=O) groups is 1. The summed E-state index contributed by atoms with van der Waals surface area (Å²) in [4.78, 5) is 22.0. The van der Waals surface area contributed by atoms with Crippen molar-refractivity contribution in [3.05, 3.63) is 100 Å². The number of nitrogens with zero attached hydrogens (tertiary/aromatic N) is 4. The Kier molecular flexibility index (Phi) is 12.1. The highest BCUT2D eigenvalue weighted by atomic mass is 32.2. The zero-order valence-electron chi connectivity index (χ0n) is 25.4. The molecule has 0 spiro atoms. The topological polar surface area (TPSA) is 194 Å². The number of amides is 1. The third kappa shape index (κ3) is 8.20. The number of hydrazine groups is 1. The number of hydrogen-bond donors (Lipinski definition) is 3. The highest BCUT2D eigenvalue weighted by Crippen LogP contribution is 2.45. The maximum atomic E-state index is 14.2. The summed E-state index contributed by atoms with van der Waals surface area (Å²) < 4.78 is 49.4. The van der Waals surface area contributed by atoms with E-state index in [0.717, 1.165) is 0 Å². The first-order chi connectivity index (χ1) is 22.3. The van der Waals surface area contributed by atoms with E-state index in [1.54, 1.807) is 66.7 Å². The number of benzene rings is 3. The minimum Gasteiger partial charge on any atom is -0.494 e. The average molecular weight is 653 g/mol. The monoisotopic (exact) mass is 652 g/mol. The number of ether oxygens (including phenoxy) is 4. The summed E-state index contributed by atoms with van der Waals surface area (Å²) in [7, 11) is -0.977. The summed E-state index contributed by atoms with van der Waals surface area (Å²) >= 11 is 0. The van der Waals surface area contributed by atoms with Crippen LogP contribution in [0.15, 0.2) is 93.9 Å². The molecule has 0 saturated heterocycles. The van der Waals surface area contributed by atoms with Crippen molar-refractivity contribution in [3.63, 3.8) is 0 Å². The molecule has 3 aromatic carbocycles. The fourth-order valence-corrected chi connectivity index (χ4v) is 6.20. The number of nitrogens with one attached hydrogen (secondary N) is 2. The van der Waals surface area contributed by atoms with Crippen LogP contribution in [0.5, 0.6) is 5.75 Å². The van der Waals surface area contributed by atoms with E-state index in [-0.39, 0.29) is 36.1 Å². The standard InChI is InChI=1S/C31H36N6O8S/c1-42-27(43-2)21-33-36-30(39)31(17-20-46(40,41)24-9-4-3-5-10-24)28(25-11-6-7-12-26(25)35-37-32)45-29(34-31)22-13-15-23(16-14-22)44-19-8-18-38/h3-7,9-16,27-28,33,38H,8,17-21H2,1-2H3,(H,36,39)/t28-,31-/m0/s1. The molecule has 1 heterocycles.